The summed E-state index contributed by atoms with van der Waals surface area (Å²) in [5.74, 6) is 0.458. The van der Waals surface area contributed by atoms with E-state index in [1.165, 1.54) is 35.4 Å². The molecule has 0 saturated carbocycles. The third kappa shape index (κ3) is 5.97. The van der Waals surface area contributed by atoms with Crippen LogP contribution in [0.15, 0.2) is 63.6 Å². The average Bonchev–Trinajstić information content (AvgIpc) is 3.72. The Morgan fingerprint density at radius 1 is 1.21 bits per heavy atom. The Balaban J connectivity index is 1.42. The molecule has 1 fully saturated rings. The number of hydrogen-bond donors (Lipinski definition) is 1. The number of carbonyl (C=O) groups is 2. The predicted octanol–water partition coefficient (Wildman–Crippen LogP) is 3.04. The lowest BCUT2D eigenvalue weighted by Crippen LogP contribution is -2.46. The Morgan fingerprint density at radius 3 is 2.74 bits per heavy atom. The molecule has 0 radical (unpaired) electrons. The quantitative estimate of drug-likeness (QED) is 0.337. The summed E-state index contributed by atoms with van der Waals surface area (Å²) in [7, 11) is 0. The molecule has 11 nitrogen and oxygen atoms in total. The van der Waals surface area contributed by atoms with Crippen molar-refractivity contribution >= 4 is 11.8 Å². The van der Waals surface area contributed by atoms with Gasteiger partial charge in [-0.3, -0.25) is 9.59 Å². The van der Waals surface area contributed by atoms with Gasteiger partial charge in [-0.05, 0) is 66.9 Å². The largest absolute Gasteiger partial charge is 0.467 e. The van der Waals surface area contributed by atoms with Gasteiger partial charge in [0.05, 0.1) is 18.9 Å². The Labute approximate surface area is 217 Å². The Kier molecular flexibility index (Phi) is 7.59. The molecular weight excluding hydrogens is 495 g/mol. The van der Waals surface area contributed by atoms with Crippen LogP contribution in [0.1, 0.15) is 36.0 Å². The minimum Gasteiger partial charge on any atom is -0.467 e. The van der Waals surface area contributed by atoms with Gasteiger partial charge >= 0.3 is 0 Å². The number of benzene rings is 1. The van der Waals surface area contributed by atoms with Crippen LogP contribution in [0.4, 0.5) is 4.39 Å². The monoisotopic (exact) mass is 522 g/mol. The molecule has 3 aromatic heterocycles. The fraction of sp³-hybridized carbons (Fsp3) is 0.346. The predicted molar refractivity (Wildman–Crippen MR) is 131 cm³/mol. The van der Waals surface area contributed by atoms with E-state index in [0.717, 1.165) is 17.6 Å². The van der Waals surface area contributed by atoms with E-state index in [1.54, 1.807) is 31.2 Å². The summed E-state index contributed by atoms with van der Waals surface area (Å²) in [6.45, 7) is 2.43. The zero-order valence-corrected chi connectivity index (χ0v) is 20.7. The second-order valence-electron chi connectivity index (χ2n) is 8.99. The van der Waals surface area contributed by atoms with Gasteiger partial charge in [-0.1, -0.05) is 12.1 Å². The van der Waals surface area contributed by atoms with Crippen LogP contribution in [0.5, 0.6) is 0 Å². The smallest absolute Gasteiger partial charge is 0.247 e. The first-order chi connectivity index (χ1) is 18.5. The molecule has 198 valence electrons. The Bertz CT molecular complexity index is 1360. The lowest BCUT2D eigenvalue weighted by Gasteiger charge is -2.31. The first kappa shape index (κ1) is 25.3. The molecule has 1 aromatic carbocycles. The van der Waals surface area contributed by atoms with Crippen LogP contribution in [0.25, 0.3) is 11.6 Å². The van der Waals surface area contributed by atoms with E-state index in [-0.39, 0.29) is 25.0 Å². The van der Waals surface area contributed by atoms with Gasteiger partial charge in [0.25, 0.3) is 0 Å². The van der Waals surface area contributed by atoms with E-state index in [0.29, 0.717) is 36.0 Å². The standard InChI is InChI=1S/C26H27FN6O5/c1-17-6-11-22(38-17)25-29-31-33(30-25)16-23(34)32(15-21-5-3-13-37-21)24(18-7-9-19(27)10-8-18)26(35)28-14-20-4-2-12-36-20/h3,5-11,13,20,24H,2,4,12,14-16H2,1H3,(H,28,35)/t20-,24-/m0/s1. The summed E-state index contributed by atoms with van der Waals surface area (Å²) in [6, 6.07) is 11.3. The molecule has 0 spiro atoms. The second-order valence-corrected chi connectivity index (χ2v) is 8.99. The molecule has 38 heavy (non-hydrogen) atoms. The number of ether oxygens (including phenoxy) is 1. The number of nitrogens with zero attached hydrogens (tertiary/aromatic N) is 5. The van der Waals surface area contributed by atoms with E-state index in [1.807, 2.05) is 0 Å². The zero-order chi connectivity index (χ0) is 26.5. The Morgan fingerprint density at radius 2 is 2.05 bits per heavy atom. The van der Waals surface area contributed by atoms with E-state index in [4.69, 9.17) is 13.6 Å². The van der Waals surface area contributed by atoms with Crippen LogP contribution in [-0.2, 0) is 27.4 Å². The van der Waals surface area contributed by atoms with Crippen molar-refractivity contribution in [2.75, 3.05) is 13.2 Å². The Hall–Kier alpha value is -4.32. The molecule has 0 aliphatic carbocycles. The highest BCUT2D eigenvalue weighted by Crippen LogP contribution is 2.25. The minimum atomic E-state index is -1.08. The van der Waals surface area contributed by atoms with Gasteiger partial charge in [0, 0.05) is 13.2 Å². The molecule has 4 aromatic rings. The fourth-order valence-corrected chi connectivity index (χ4v) is 4.30. The highest BCUT2D eigenvalue weighted by atomic mass is 19.1. The first-order valence-electron chi connectivity index (χ1n) is 12.3. The van der Waals surface area contributed by atoms with Gasteiger partial charge in [-0.2, -0.15) is 4.80 Å². The van der Waals surface area contributed by atoms with Crippen molar-refractivity contribution in [3.63, 3.8) is 0 Å². The topological polar surface area (TPSA) is 129 Å². The van der Waals surface area contributed by atoms with Crippen molar-refractivity contribution in [2.45, 2.75) is 45.0 Å². The van der Waals surface area contributed by atoms with Crippen LogP contribution >= 0.6 is 0 Å². The number of carbonyl (C=O) groups excluding carboxylic acids is 2. The highest BCUT2D eigenvalue weighted by Gasteiger charge is 2.33. The molecule has 0 unspecified atom stereocenters. The highest BCUT2D eigenvalue weighted by molar-refractivity contribution is 5.88. The number of aromatic nitrogens is 4. The molecule has 12 heteroatoms. The number of amides is 2. The van der Waals surface area contributed by atoms with Crippen molar-refractivity contribution in [1.29, 1.82) is 0 Å². The third-order valence-corrected chi connectivity index (χ3v) is 6.19. The van der Waals surface area contributed by atoms with E-state index in [2.05, 4.69) is 20.7 Å². The van der Waals surface area contributed by atoms with Gasteiger partial charge in [0.1, 0.15) is 29.9 Å². The number of furan rings is 2. The van der Waals surface area contributed by atoms with Crippen molar-refractivity contribution < 1.29 is 27.6 Å². The average molecular weight is 523 g/mol. The summed E-state index contributed by atoms with van der Waals surface area (Å²) < 4.78 is 30.4. The summed E-state index contributed by atoms with van der Waals surface area (Å²) in [4.78, 5) is 29.7. The van der Waals surface area contributed by atoms with E-state index >= 15 is 0 Å². The van der Waals surface area contributed by atoms with Gasteiger partial charge in [0.2, 0.25) is 17.6 Å². The summed E-state index contributed by atoms with van der Waals surface area (Å²) in [5, 5.41) is 15.1. The number of nitrogens with one attached hydrogen (secondary N) is 1. The van der Waals surface area contributed by atoms with E-state index < -0.39 is 23.7 Å². The summed E-state index contributed by atoms with van der Waals surface area (Å²) in [6.07, 6.45) is 3.16. The minimum absolute atomic E-state index is 0.0137. The second kappa shape index (κ2) is 11.4. The maximum atomic E-state index is 13.8. The molecule has 2 amide bonds. The van der Waals surface area contributed by atoms with Crippen LogP contribution in [0.2, 0.25) is 0 Å². The van der Waals surface area contributed by atoms with Crippen molar-refractivity contribution in [2.24, 2.45) is 0 Å². The molecule has 1 saturated heterocycles. The fourth-order valence-electron chi connectivity index (χ4n) is 4.30. The first-order valence-corrected chi connectivity index (χ1v) is 12.3. The maximum Gasteiger partial charge on any atom is 0.247 e. The van der Waals surface area contributed by atoms with Crippen LogP contribution in [0.3, 0.4) is 0 Å². The zero-order valence-electron chi connectivity index (χ0n) is 20.7. The van der Waals surface area contributed by atoms with Gasteiger partial charge < -0.3 is 23.8 Å². The molecule has 4 heterocycles. The molecule has 1 aliphatic rings. The van der Waals surface area contributed by atoms with Crippen LogP contribution in [-0.4, -0.2) is 56.2 Å². The molecular formula is C26H27FN6O5. The molecule has 2 atom stereocenters. The SMILES string of the molecule is Cc1ccc(-c2nnn(CC(=O)N(Cc3ccco3)[C@H](C(=O)NC[C@@H]3CCCO3)c3ccc(F)cc3)n2)o1. The van der Waals surface area contributed by atoms with Crippen LogP contribution in [0, 0.1) is 12.7 Å². The normalized spacial score (nSPS) is 15.9. The summed E-state index contributed by atoms with van der Waals surface area (Å²) in [5.41, 5.74) is 0.439. The lowest BCUT2D eigenvalue weighted by atomic mass is 10.0. The van der Waals surface area contributed by atoms with E-state index in [9.17, 15) is 14.0 Å². The molecule has 5 rings (SSSR count). The van der Waals surface area contributed by atoms with Gasteiger partial charge in [0.15, 0.2) is 5.76 Å². The number of tetrazole rings is 1. The number of hydrogen-bond acceptors (Lipinski definition) is 8. The van der Waals surface area contributed by atoms with Crippen LogP contribution < -0.4 is 5.32 Å². The van der Waals surface area contributed by atoms with Crippen molar-refractivity contribution in [1.82, 2.24) is 30.4 Å². The van der Waals surface area contributed by atoms with Crippen molar-refractivity contribution in [3.05, 3.63) is 77.7 Å². The van der Waals surface area contributed by atoms with Crippen molar-refractivity contribution in [3.8, 4) is 11.6 Å². The maximum absolute atomic E-state index is 13.8. The molecule has 1 aliphatic heterocycles. The van der Waals surface area contributed by atoms with Gasteiger partial charge in [-0.15, -0.1) is 10.2 Å². The third-order valence-electron chi connectivity index (χ3n) is 6.19. The molecule has 1 N–H and O–H groups in total. The molecule has 0 bridgehead atoms. The number of rotatable bonds is 10. The van der Waals surface area contributed by atoms with Gasteiger partial charge in [-0.25, -0.2) is 4.39 Å². The lowest BCUT2D eigenvalue weighted by molar-refractivity contribution is -0.142. The number of aryl methyl sites for hydroxylation is 1. The summed E-state index contributed by atoms with van der Waals surface area (Å²) >= 11 is 0. The number of halogens is 1.